The Morgan fingerprint density at radius 1 is 1.29 bits per heavy atom. The highest BCUT2D eigenvalue weighted by atomic mass is 79.9. The first-order valence-corrected chi connectivity index (χ1v) is 7.06. The van der Waals surface area contributed by atoms with Crippen LogP contribution in [0.2, 0.25) is 0 Å². The summed E-state index contributed by atoms with van der Waals surface area (Å²) >= 11 is 3.23. The van der Waals surface area contributed by atoms with E-state index in [0.717, 1.165) is 5.56 Å². The van der Waals surface area contributed by atoms with Crippen molar-refractivity contribution in [3.63, 3.8) is 0 Å². The molecule has 2 rings (SSSR count). The van der Waals surface area contributed by atoms with Gasteiger partial charge in [-0.05, 0) is 58.7 Å². The van der Waals surface area contributed by atoms with Crippen LogP contribution < -0.4 is 5.32 Å². The molecular formula is C16H12BrFN2O. The first-order valence-electron chi connectivity index (χ1n) is 6.27. The van der Waals surface area contributed by atoms with Crippen molar-refractivity contribution in [1.29, 1.82) is 5.26 Å². The standard InChI is InChI=1S/C16H12BrFN2O/c1-10(12-4-2-11(9-19)3-5-12)20-16(21)14-8-13(18)6-7-15(14)17/h2-8,10H,1H3,(H,20,21). The molecule has 0 saturated carbocycles. The number of carbonyl (C=O) groups excluding carboxylic acids is 1. The summed E-state index contributed by atoms with van der Waals surface area (Å²) in [6.07, 6.45) is 0. The van der Waals surface area contributed by atoms with Gasteiger partial charge < -0.3 is 5.32 Å². The highest BCUT2D eigenvalue weighted by Gasteiger charge is 2.14. The zero-order chi connectivity index (χ0) is 15.4. The van der Waals surface area contributed by atoms with E-state index in [4.69, 9.17) is 5.26 Å². The van der Waals surface area contributed by atoms with Crippen LogP contribution in [0.1, 0.15) is 34.5 Å². The molecule has 1 amide bonds. The van der Waals surface area contributed by atoms with E-state index in [9.17, 15) is 9.18 Å². The third-order valence-electron chi connectivity index (χ3n) is 3.06. The first kappa shape index (κ1) is 15.2. The number of carbonyl (C=O) groups is 1. The van der Waals surface area contributed by atoms with E-state index in [1.54, 1.807) is 24.3 Å². The van der Waals surface area contributed by atoms with Gasteiger partial charge in [0.2, 0.25) is 0 Å². The van der Waals surface area contributed by atoms with Gasteiger partial charge in [-0.15, -0.1) is 0 Å². The highest BCUT2D eigenvalue weighted by molar-refractivity contribution is 9.10. The Balaban J connectivity index is 2.14. The summed E-state index contributed by atoms with van der Waals surface area (Å²) in [7, 11) is 0. The Morgan fingerprint density at radius 2 is 1.95 bits per heavy atom. The lowest BCUT2D eigenvalue weighted by Gasteiger charge is -2.15. The molecule has 0 aromatic heterocycles. The molecule has 0 spiro atoms. The summed E-state index contributed by atoms with van der Waals surface area (Å²) in [4.78, 5) is 12.2. The number of benzene rings is 2. The van der Waals surface area contributed by atoms with Crippen LogP contribution in [0.3, 0.4) is 0 Å². The minimum absolute atomic E-state index is 0.246. The molecule has 0 aliphatic heterocycles. The van der Waals surface area contributed by atoms with Crippen LogP contribution in [0.25, 0.3) is 0 Å². The third kappa shape index (κ3) is 3.67. The minimum atomic E-state index is -0.464. The molecule has 0 heterocycles. The Hall–Kier alpha value is -2.19. The van der Waals surface area contributed by atoms with Crippen molar-refractivity contribution in [3.8, 4) is 6.07 Å². The minimum Gasteiger partial charge on any atom is -0.345 e. The van der Waals surface area contributed by atoms with Gasteiger partial charge >= 0.3 is 0 Å². The molecular weight excluding hydrogens is 335 g/mol. The van der Waals surface area contributed by atoms with Crippen LogP contribution >= 0.6 is 15.9 Å². The molecule has 5 heteroatoms. The second-order valence-corrected chi connectivity index (χ2v) is 5.41. The molecule has 1 unspecified atom stereocenters. The Bertz CT molecular complexity index is 707. The molecule has 1 N–H and O–H groups in total. The number of nitrogens with one attached hydrogen (secondary N) is 1. The maximum absolute atomic E-state index is 13.2. The lowest BCUT2D eigenvalue weighted by atomic mass is 10.1. The van der Waals surface area contributed by atoms with Gasteiger partial charge in [-0.3, -0.25) is 4.79 Å². The second-order valence-electron chi connectivity index (χ2n) is 4.55. The number of nitriles is 1. The summed E-state index contributed by atoms with van der Waals surface area (Å²) in [5.41, 5.74) is 1.68. The zero-order valence-electron chi connectivity index (χ0n) is 11.2. The smallest absolute Gasteiger partial charge is 0.253 e. The fraction of sp³-hybridized carbons (Fsp3) is 0.125. The van der Waals surface area contributed by atoms with Crippen molar-refractivity contribution in [2.45, 2.75) is 13.0 Å². The van der Waals surface area contributed by atoms with Gasteiger partial charge in [0.05, 0.1) is 23.2 Å². The number of amides is 1. The molecule has 3 nitrogen and oxygen atoms in total. The van der Waals surface area contributed by atoms with E-state index < -0.39 is 5.82 Å². The summed E-state index contributed by atoms with van der Waals surface area (Å²) in [6, 6.07) is 12.7. The SMILES string of the molecule is CC(NC(=O)c1cc(F)ccc1Br)c1ccc(C#N)cc1. The monoisotopic (exact) mass is 346 g/mol. The number of halogens is 2. The lowest BCUT2D eigenvalue weighted by molar-refractivity contribution is 0.0938. The van der Waals surface area contributed by atoms with Gasteiger partial charge in [0.1, 0.15) is 5.82 Å². The topological polar surface area (TPSA) is 52.9 Å². The molecule has 21 heavy (non-hydrogen) atoms. The fourth-order valence-electron chi connectivity index (χ4n) is 1.88. The zero-order valence-corrected chi connectivity index (χ0v) is 12.8. The predicted octanol–water partition coefficient (Wildman–Crippen LogP) is 3.95. The van der Waals surface area contributed by atoms with E-state index in [1.165, 1.54) is 18.2 Å². The lowest BCUT2D eigenvalue weighted by Crippen LogP contribution is -2.27. The molecule has 0 aliphatic rings. The van der Waals surface area contributed by atoms with E-state index in [0.29, 0.717) is 10.0 Å². The van der Waals surface area contributed by atoms with E-state index >= 15 is 0 Å². The maximum Gasteiger partial charge on any atom is 0.253 e. The molecule has 0 radical (unpaired) electrons. The van der Waals surface area contributed by atoms with Crippen molar-refractivity contribution in [2.75, 3.05) is 0 Å². The van der Waals surface area contributed by atoms with E-state index in [-0.39, 0.29) is 17.5 Å². The third-order valence-corrected chi connectivity index (χ3v) is 3.75. The maximum atomic E-state index is 13.2. The Labute approximate surface area is 130 Å². The predicted molar refractivity (Wildman–Crippen MR) is 81.1 cm³/mol. The Morgan fingerprint density at radius 3 is 2.57 bits per heavy atom. The Kier molecular flexibility index (Phi) is 4.71. The number of nitrogens with zero attached hydrogens (tertiary/aromatic N) is 1. The molecule has 2 aromatic rings. The molecule has 0 aliphatic carbocycles. The summed E-state index contributed by atoms with van der Waals surface area (Å²) < 4.78 is 13.8. The summed E-state index contributed by atoms with van der Waals surface area (Å²) in [5.74, 6) is -0.826. The fourth-order valence-corrected chi connectivity index (χ4v) is 2.30. The molecule has 2 aromatic carbocycles. The van der Waals surface area contributed by atoms with Crippen molar-refractivity contribution in [2.24, 2.45) is 0 Å². The molecule has 0 fully saturated rings. The largest absolute Gasteiger partial charge is 0.345 e. The average molecular weight is 347 g/mol. The van der Waals surface area contributed by atoms with Crippen molar-refractivity contribution < 1.29 is 9.18 Å². The quantitative estimate of drug-likeness (QED) is 0.914. The van der Waals surface area contributed by atoms with Gasteiger partial charge in [-0.2, -0.15) is 5.26 Å². The molecule has 0 saturated heterocycles. The second kappa shape index (κ2) is 6.51. The van der Waals surface area contributed by atoms with Crippen LogP contribution in [0.5, 0.6) is 0 Å². The van der Waals surface area contributed by atoms with Gasteiger partial charge in [0, 0.05) is 4.47 Å². The first-order chi connectivity index (χ1) is 10.0. The van der Waals surface area contributed by atoms with E-state index in [1.807, 2.05) is 13.0 Å². The van der Waals surface area contributed by atoms with E-state index in [2.05, 4.69) is 21.2 Å². The van der Waals surface area contributed by atoms with Crippen molar-refractivity contribution >= 4 is 21.8 Å². The van der Waals surface area contributed by atoms with Crippen LogP contribution in [-0.2, 0) is 0 Å². The molecule has 106 valence electrons. The number of hydrogen-bond donors (Lipinski definition) is 1. The van der Waals surface area contributed by atoms with Crippen molar-refractivity contribution in [3.05, 3.63) is 69.4 Å². The van der Waals surface area contributed by atoms with Crippen LogP contribution in [0.4, 0.5) is 4.39 Å². The summed E-state index contributed by atoms with van der Waals surface area (Å²) in [6.45, 7) is 1.83. The average Bonchev–Trinajstić information content (AvgIpc) is 2.49. The van der Waals surface area contributed by atoms with Crippen LogP contribution in [-0.4, -0.2) is 5.91 Å². The van der Waals surface area contributed by atoms with Gasteiger partial charge in [0.25, 0.3) is 5.91 Å². The van der Waals surface area contributed by atoms with Gasteiger partial charge in [-0.1, -0.05) is 12.1 Å². The molecule has 0 bridgehead atoms. The van der Waals surface area contributed by atoms with Crippen LogP contribution in [0, 0.1) is 17.1 Å². The van der Waals surface area contributed by atoms with Gasteiger partial charge in [-0.25, -0.2) is 4.39 Å². The van der Waals surface area contributed by atoms with Crippen molar-refractivity contribution in [1.82, 2.24) is 5.32 Å². The van der Waals surface area contributed by atoms with Gasteiger partial charge in [0.15, 0.2) is 0 Å². The number of rotatable bonds is 3. The highest BCUT2D eigenvalue weighted by Crippen LogP contribution is 2.20. The summed E-state index contributed by atoms with van der Waals surface area (Å²) in [5, 5.41) is 11.6. The van der Waals surface area contributed by atoms with Crippen LogP contribution in [0.15, 0.2) is 46.9 Å². The normalized spacial score (nSPS) is 11.5. The molecule has 1 atom stereocenters. The number of hydrogen-bond acceptors (Lipinski definition) is 2.